The molecule has 7 heteroatoms. The van der Waals surface area contributed by atoms with Gasteiger partial charge in [-0.15, -0.1) is 0 Å². The maximum Gasteiger partial charge on any atom is 0.253 e. The first-order valence-corrected chi connectivity index (χ1v) is 11.1. The number of aliphatic imine (C=N–C) groups is 1. The number of hydrogen-bond acceptors (Lipinski definition) is 3. The summed E-state index contributed by atoms with van der Waals surface area (Å²) in [7, 11) is 3.52. The van der Waals surface area contributed by atoms with Gasteiger partial charge in [-0.3, -0.25) is 14.6 Å². The fraction of sp³-hybridized carbons (Fsp3) is 0.609. The molecule has 1 heterocycles. The van der Waals surface area contributed by atoms with Crippen molar-refractivity contribution in [3.63, 3.8) is 0 Å². The Labute approximate surface area is 180 Å². The van der Waals surface area contributed by atoms with E-state index in [0.29, 0.717) is 18.5 Å². The van der Waals surface area contributed by atoms with Crippen LogP contribution in [0.25, 0.3) is 0 Å². The Hall–Kier alpha value is -2.57. The number of guanidine groups is 1. The minimum Gasteiger partial charge on any atom is -0.357 e. The van der Waals surface area contributed by atoms with Crippen molar-refractivity contribution in [2.24, 2.45) is 4.99 Å². The zero-order chi connectivity index (χ0) is 21.8. The van der Waals surface area contributed by atoms with Gasteiger partial charge >= 0.3 is 0 Å². The Morgan fingerprint density at radius 2 is 2.03 bits per heavy atom. The molecule has 1 fully saturated rings. The highest BCUT2D eigenvalue weighted by molar-refractivity contribution is 5.94. The van der Waals surface area contributed by atoms with Crippen molar-refractivity contribution >= 4 is 17.8 Å². The van der Waals surface area contributed by atoms with Crippen LogP contribution >= 0.6 is 0 Å². The summed E-state index contributed by atoms with van der Waals surface area (Å²) in [6, 6.07) is 7.76. The average Bonchev–Trinajstić information content (AvgIpc) is 2.94. The van der Waals surface area contributed by atoms with E-state index in [-0.39, 0.29) is 11.8 Å². The maximum absolute atomic E-state index is 12.1. The van der Waals surface area contributed by atoms with Crippen molar-refractivity contribution in [3.05, 3.63) is 35.4 Å². The normalized spacial score (nSPS) is 15.0. The molecule has 1 aromatic carbocycles. The van der Waals surface area contributed by atoms with Gasteiger partial charge in [-0.2, -0.15) is 0 Å². The topological polar surface area (TPSA) is 77.0 Å². The van der Waals surface area contributed by atoms with Crippen LogP contribution in [-0.2, 0) is 11.2 Å². The zero-order valence-electron chi connectivity index (χ0n) is 18.7. The Morgan fingerprint density at radius 3 is 2.80 bits per heavy atom. The second-order valence-corrected chi connectivity index (χ2v) is 7.88. The molecule has 1 saturated heterocycles. The zero-order valence-corrected chi connectivity index (χ0v) is 18.7. The number of benzene rings is 1. The third-order valence-corrected chi connectivity index (χ3v) is 5.16. The third kappa shape index (κ3) is 8.05. The van der Waals surface area contributed by atoms with Gasteiger partial charge in [-0.05, 0) is 50.3 Å². The highest BCUT2D eigenvalue weighted by Crippen LogP contribution is 2.11. The number of hydrogen-bond donors (Lipinski definition) is 2. The van der Waals surface area contributed by atoms with E-state index in [1.807, 2.05) is 36.1 Å². The molecule has 2 N–H and O–H groups in total. The summed E-state index contributed by atoms with van der Waals surface area (Å²) in [5.41, 5.74) is 1.83. The van der Waals surface area contributed by atoms with Gasteiger partial charge in [0, 0.05) is 58.8 Å². The highest BCUT2D eigenvalue weighted by atomic mass is 16.2. The molecule has 30 heavy (non-hydrogen) atoms. The lowest BCUT2D eigenvalue weighted by Gasteiger charge is -2.20. The van der Waals surface area contributed by atoms with Crippen LogP contribution in [0.2, 0.25) is 0 Å². The van der Waals surface area contributed by atoms with Gasteiger partial charge in [0.2, 0.25) is 5.91 Å². The molecule has 0 spiro atoms. The first kappa shape index (κ1) is 23.7. The van der Waals surface area contributed by atoms with E-state index in [1.54, 1.807) is 19.0 Å². The molecule has 1 aromatic rings. The summed E-state index contributed by atoms with van der Waals surface area (Å²) in [4.78, 5) is 32.4. The van der Waals surface area contributed by atoms with Gasteiger partial charge in [0.15, 0.2) is 5.96 Å². The number of carbonyl (C=O) groups excluding carboxylic acids is 2. The smallest absolute Gasteiger partial charge is 0.253 e. The van der Waals surface area contributed by atoms with E-state index >= 15 is 0 Å². The minimum atomic E-state index is 0.0163. The van der Waals surface area contributed by atoms with Gasteiger partial charge in [-0.25, -0.2) is 0 Å². The van der Waals surface area contributed by atoms with Crippen molar-refractivity contribution in [3.8, 4) is 0 Å². The van der Waals surface area contributed by atoms with Crippen molar-refractivity contribution < 1.29 is 9.59 Å². The van der Waals surface area contributed by atoms with Crippen LogP contribution in [0.3, 0.4) is 0 Å². The fourth-order valence-corrected chi connectivity index (χ4v) is 3.51. The van der Waals surface area contributed by atoms with E-state index in [2.05, 4.69) is 15.6 Å². The highest BCUT2D eigenvalue weighted by Gasteiger charge is 2.15. The van der Waals surface area contributed by atoms with Crippen molar-refractivity contribution in [1.29, 1.82) is 0 Å². The largest absolute Gasteiger partial charge is 0.357 e. The molecule has 0 radical (unpaired) electrons. The van der Waals surface area contributed by atoms with Crippen molar-refractivity contribution in [2.75, 3.05) is 46.8 Å². The van der Waals surface area contributed by atoms with E-state index < -0.39 is 0 Å². The monoisotopic (exact) mass is 415 g/mol. The second kappa shape index (κ2) is 12.9. The summed E-state index contributed by atoms with van der Waals surface area (Å²) in [5.74, 6) is 1.10. The number of nitrogens with one attached hydrogen (secondary N) is 2. The first-order valence-electron chi connectivity index (χ1n) is 11.1. The number of rotatable bonds is 9. The Kier molecular flexibility index (Phi) is 10.2. The third-order valence-electron chi connectivity index (χ3n) is 5.16. The molecule has 2 amide bonds. The number of nitrogens with zero attached hydrogens (tertiary/aromatic N) is 3. The molecular formula is C23H37N5O2. The van der Waals surface area contributed by atoms with E-state index in [1.165, 1.54) is 0 Å². The van der Waals surface area contributed by atoms with Crippen LogP contribution in [0.15, 0.2) is 29.3 Å². The molecule has 7 nitrogen and oxygen atoms in total. The molecule has 1 aliphatic rings. The lowest BCUT2D eigenvalue weighted by atomic mass is 10.1. The van der Waals surface area contributed by atoms with Gasteiger partial charge in [0.25, 0.3) is 5.91 Å². The van der Waals surface area contributed by atoms with Crippen LogP contribution < -0.4 is 10.6 Å². The van der Waals surface area contributed by atoms with Crippen LogP contribution in [-0.4, -0.2) is 74.4 Å². The lowest BCUT2D eigenvalue weighted by Crippen LogP contribution is -2.38. The first-order chi connectivity index (χ1) is 14.5. The van der Waals surface area contributed by atoms with Crippen LogP contribution in [0, 0.1) is 0 Å². The van der Waals surface area contributed by atoms with E-state index in [4.69, 9.17) is 0 Å². The standard InChI is InChI=1S/C23H37N5O2/c1-4-24-23(25-14-9-17-28-16-7-5-6-12-21(28)29)26-15-13-19-10-8-11-20(18-19)22(30)27(2)3/h8,10-11,18H,4-7,9,12-17H2,1-3H3,(H2,24,25,26). The SMILES string of the molecule is CCNC(=NCCCN1CCCCCC1=O)NCCc1cccc(C(=O)N(C)C)c1. The lowest BCUT2D eigenvalue weighted by molar-refractivity contribution is -0.130. The molecule has 2 rings (SSSR count). The summed E-state index contributed by atoms with van der Waals surface area (Å²) in [6.45, 7) is 5.93. The van der Waals surface area contributed by atoms with Crippen LogP contribution in [0.4, 0.5) is 0 Å². The molecule has 0 atom stereocenters. The summed E-state index contributed by atoms with van der Waals surface area (Å²) >= 11 is 0. The van der Waals surface area contributed by atoms with Crippen LogP contribution in [0.1, 0.15) is 54.9 Å². The minimum absolute atomic E-state index is 0.0163. The summed E-state index contributed by atoms with van der Waals surface area (Å²) < 4.78 is 0. The van der Waals surface area contributed by atoms with Gasteiger partial charge in [-0.1, -0.05) is 18.6 Å². The van der Waals surface area contributed by atoms with Gasteiger partial charge in [0.05, 0.1) is 0 Å². The molecule has 0 saturated carbocycles. The molecular weight excluding hydrogens is 378 g/mol. The van der Waals surface area contributed by atoms with Crippen LogP contribution in [0.5, 0.6) is 0 Å². The molecule has 0 aromatic heterocycles. The molecule has 0 unspecified atom stereocenters. The quantitative estimate of drug-likeness (QED) is 0.369. The fourth-order valence-electron chi connectivity index (χ4n) is 3.51. The second-order valence-electron chi connectivity index (χ2n) is 7.88. The summed E-state index contributed by atoms with van der Waals surface area (Å²) in [5, 5.41) is 6.63. The molecule has 0 aliphatic carbocycles. The van der Waals surface area contributed by atoms with Crippen molar-refractivity contribution in [1.82, 2.24) is 20.4 Å². The number of amides is 2. The Balaban J connectivity index is 1.79. The predicted molar refractivity (Wildman–Crippen MR) is 122 cm³/mol. The summed E-state index contributed by atoms with van der Waals surface area (Å²) in [6.07, 6.45) is 5.66. The van der Waals surface area contributed by atoms with E-state index in [9.17, 15) is 9.59 Å². The number of likely N-dealkylation sites (tertiary alicyclic amines) is 1. The predicted octanol–water partition coefficient (Wildman–Crippen LogP) is 2.28. The average molecular weight is 416 g/mol. The van der Waals surface area contributed by atoms with Gasteiger partial charge < -0.3 is 20.4 Å². The van der Waals surface area contributed by atoms with Crippen molar-refractivity contribution in [2.45, 2.75) is 45.4 Å². The maximum atomic E-state index is 12.1. The Bertz CT molecular complexity index is 717. The van der Waals surface area contributed by atoms with Gasteiger partial charge in [0.1, 0.15) is 0 Å². The number of carbonyl (C=O) groups is 2. The molecule has 1 aliphatic heterocycles. The molecule has 166 valence electrons. The molecule has 0 bridgehead atoms. The Morgan fingerprint density at radius 1 is 1.20 bits per heavy atom. The van der Waals surface area contributed by atoms with E-state index in [0.717, 1.165) is 69.8 Å².